The lowest BCUT2D eigenvalue weighted by Crippen LogP contribution is -2.26. The highest BCUT2D eigenvalue weighted by molar-refractivity contribution is 7.99. The Morgan fingerprint density at radius 3 is 3.12 bits per heavy atom. The molecule has 3 heterocycles. The number of carbonyl (C=O) groups excluding carboxylic acids is 1. The second kappa shape index (κ2) is 7.71. The van der Waals surface area contributed by atoms with E-state index in [-0.39, 0.29) is 17.2 Å². The van der Waals surface area contributed by atoms with Crippen molar-refractivity contribution < 1.29 is 9.21 Å². The molecule has 0 saturated heterocycles. The van der Waals surface area contributed by atoms with Crippen molar-refractivity contribution in [2.45, 2.75) is 25.2 Å². The Hall–Kier alpha value is -2.32. The highest BCUT2D eigenvalue weighted by atomic mass is 32.2. The fraction of sp³-hybridized carbons (Fsp3) is 0.235. The number of hydrogen-bond acceptors (Lipinski definition) is 6. The number of rotatable bonds is 7. The third kappa shape index (κ3) is 4.02. The fourth-order valence-corrected chi connectivity index (χ4v) is 4.06. The van der Waals surface area contributed by atoms with Crippen LogP contribution in [0.3, 0.4) is 0 Å². The monoisotopic (exact) mass is 375 g/mol. The zero-order valence-electron chi connectivity index (χ0n) is 13.7. The molecule has 0 aliphatic heterocycles. The summed E-state index contributed by atoms with van der Waals surface area (Å²) in [6.07, 6.45) is 3.21. The number of aromatic nitrogens is 2. The molecule has 1 N–H and O–H groups in total. The van der Waals surface area contributed by atoms with E-state index in [1.807, 2.05) is 13.0 Å². The van der Waals surface area contributed by atoms with E-state index in [4.69, 9.17) is 4.42 Å². The van der Waals surface area contributed by atoms with Crippen molar-refractivity contribution in [1.29, 1.82) is 0 Å². The molecule has 130 valence electrons. The molecule has 0 aromatic carbocycles. The number of aryl methyl sites for hydroxylation is 1. The average molecular weight is 375 g/mol. The summed E-state index contributed by atoms with van der Waals surface area (Å²) in [6.45, 7) is 6.33. The summed E-state index contributed by atoms with van der Waals surface area (Å²) < 4.78 is 6.72. The molecule has 0 bridgehead atoms. The summed E-state index contributed by atoms with van der Waals surface area (Å²) >= 11 is 2.71. The number of nitrogens with one attached hydrogen (secondary N) is 1. The van der Waals surface area contributed by atoms with Crippen molar-refractivity contribution in [3.63, 3.8) is 0 Å². The van der Waals surface area contributed by atoms with Gasteiger partial charge in [0, 0.05) is 11.4 Å². The predicted octanol–water partition coefficient (Wildman–Crippen LogP) is 2.95. The first-order valence-corrected chi connectivity index (χ1v) is 9.42. The molecule has 3 rings (SSSR count). The minimum absolute atomic E-state index is 0.104. The van der Waals surface area contributed by atoms with E-state index >= 15 is 0 Å². The van der Waals surface area contributed by atoms with Gasteiger partial charge in [-0.15, -0.1) is 17.9 Å². The number of hydrogen-bond donors (Lipinski definition) is 1. The molecule has 6 nitrogen and oxygen atoms in total. The van der Waals surface area contributed by atoms with Gasteiger partial charge in [0.1, 0.15) is 10.6 Å². The van der Waals surface area contributed by atoms with E-state index in [1.165, 1.54) is 23.1 Å². The Morgan fingerprint density at radius 2 is 2.40 bits per heavy atom. The Labute approximate surface area is 152 Å². The van der Waals surface area contributed by atoms with E-state index in [2.05, 4.69) is 16.9 Å². The van der Waals surface area contributed by atoms with Crippen LogP contribution in [0, 0.1) is 6.92 Å². The topological polar surface area (TPSA) is 77.1 Å². The van der Waals surface area contributed by atoms with Crippen LogP contribution in [0.1, 0.15) is 10.6 Å². The van der Waals surface area contributed by atoms with E-state index in [1.54, 1.807) is 29.0 Å². The van der Waals surface area contributed by atoms with Crippen molar-refractivity contribution in [1.82, 2.24) is 14.9 Å². The van der Waals surface area contributed by atoms with Crippen molar-refractivity contribution >= 4 is 39.2 Å². The number of amides is 1. The number of thiophene rings is 1. The number of thioether (sulfide) groups is 1. The second-order valence-corrected chi connectivity index (χ2v) is 7.50. The molecule has 0 aliphatic rings. The second-order valence-electron chi connectivity index (χ2n) is 5.32. The van der Waals surface area contributed by atoms with Gasteiger partial charge in [-0.1, -0.05) is 17.8 Å². The number of fused-ring (bicyclic) bond motifs is 1. The summed E-state index contributed by atoms with van der Waals surface area (Å²) in [7, 11) is 0. The minimum atomic E-state index is -0.150. The van der Waals surface area contributed by atoms with E-state index in [9.17, 15) is 9.59 Å². The summed E-state index contributed by atoms with van der Waals surface area (Å²) in [6, 6.07) is 5.41. The van der Waals surface area contributed by atoms with Crippen LogP contribution in [-0.2, 0) is 17.9 Å². The first kappa shape index (κ1) is 17.5. The lowest BCUT2D eigenvalue weighted by Gasteiger charge is -2.09. The van der Waals surface area contributed by atoms with Crippen molar-refractivity contribution in [3.8, 4) is 0 Å². The lowest BCUT2D eigenvalue weighted by atomic mass is 10.3. The normalized spacial score (nSPS) is 10.9. The average Bonchev–Trinajstić information content (AvgIpc) is 3.23. The molecular formula is C17H17N3O3S2. The minimum Gasteiger partial charge on any atom is -0.467 e. The SMILES string of the molecule is C=CCn1c(SCC(=O)NCc2ccco2)nc2sc(C)cc2c1=O. The molecule has 0 atom stereocenters. The first-order chi connectivity index (χ1) is 12.1. The van der Waals surface area contributed by atoms with Gasteiger partial charge in [0.15, 0.2) is 5.16 Å². The lowest BCUT2D eigenvalue weighted by molar-refractivity contribution is -0.118. The molecule has 0 fully saturated rings. The third-order valence-electron chi connectivity index (χ3n) is 3.42. The molecular weight excluding hydrogens is 358 g/mol. The summed E-state index contributed by atoms with van der Waals surface area (Å²) in [4.78, 5) is 30.9. The first-order valence-electron chi connectivity index (χ1n) is 7.62. The van der Waals surface area contributed by atoms with Crippen molar-refractivity contribution in [2.75, 3.05) is 5.75 Å². The zero-order chi connectivity index (χ0) is 17.8. The van der Waals surface area contributed by atoms with Crippen LogP contribution in [0.15, 0.2) is 51.5 Å². The smallest absolute Gasteiger partial charge is 0.263 e. The number of allylic oxidation sites excluding steroid dienone is 1. The summed E-state index contributed by atoms with van der Waals surface area (Å²) in [5.74, 6) is 0.707. The molecule has 0 aliphatic carbocycles. The summed E-state index contributed by atoms with van der Waals surface area (Å²) in [5, 5.41) is 3.90. The third-order valence-corrected chi connectivity index (χ3v) is 5.34. The van der Waals surface area contributed by atoms with Crippen LogP contribution >= 0.6 is 23.1 Å². The van der Waals surface area contributed by atoms with Gasteiger partial charge >= 0.3 is 0 Å². The highest BCUT2D eigenvalue weighted by Crippen LogP contribution is 2.24. The van der Waals surface area contributed by atoms with Gasteiger partial charge in [0.2, 0.25) is 5.91 Å². The van der Waals surface area contributed by atoms with Gasteiger partial charge in [-0.2, -0.15) is 0 Å². The van der Waals surface area contributed by atoms with Gasteiger partial charge in [0.25, 0.3) is 5.56 Å². The van der Waals surface area contributed by atoms with Gasteiger partial charge in [-0.3, -0.25) is 14.2 Å². The van der Waals surface area contributed by atoms with Crippen LogP contribution in [0.25, 0.3) is 10.2 Å². The van der Waals surface area contributed by atoms with Crippen molar-refractivity contribution in [2.24, 2.45) is 0 Å². The summed E-state index contributed by atoms with van der Waals surface area (Å²) in [5.41, 5.74) is -0.104. The highest BCUT2D eigenvalue weighted by Gasteiger charge is 2.14. The maximum atomic E-state index is 12.6. The number of carbonyl (C=O) groups is 1. The van der Waals surface area contributed by atoms with Crippen LogP contribution in [-0.4, -0.2) is 21.2 Å². The van der Waals surface area contributed by atoms with Crippen LogP contribution in [0.4, 0.5) is 0 Å². The van der Waals surface area contributed by atoms with E-state index in [0.29, 0.717) is 34.2 Å². The van der Waals surface area contributed by atoms with Crippen LogP contribution in [0.2, 0.25) is 0 Å². The van der Waals surface area contributed by atoms with Crippen molar-refractivity contribution in [3.05, 3.63) is 58.1 Å². The van der Waals surface area contributed by atoms with Crippen LogP contribution in [0.5, 0.6) is 0 Å². The molecule has 0 saturated carbocycles. The molecule has 0 unspecified atom stereocenters. The zero-order valence-corrected chi connectivity index (χ0v) is 15.3. The Balaban J connectivity index is 1.75. The molecule has 0 radical (unpaired) electrons. The quantitative estimate of drug-likeness (QED) is 0.390. The number of furan rings is 1. The molecule has 0 spiro atoms. The molecule has 3 aromatic heterocycles. The fourth-order valence-electron chi connectivity index (χ4n) is 2.30. The van der Waals surface area contributed by atoms with E-state index < -0.39 is 0 Å². The standard InChI is InChI=1S/C17H17N3O3S2/c1-3-6-20-16(22)13-8-11(2)25-15(13)19-17(20)24-10-14(21)18-9-12-5-4-7-23-12/h3-5,7-8H,1,6,9-10H2,2H3,(H,18,21). The molecule has 25 heavy (non-hydrogen) atoms. The molecule has 8 heteroatoms. The van der Waals surface area contributed by atoms with Crippen LogP contribution < -0.4 is 10.9 Å². The van der Waals surface area contributed by atoms with E-state index in [0.717, 1.165) is 4.88 Å². The van der Waals surface area contributed by atoms with Gasteiger partial charge in [-0.25, -0.2) is 4.98 Å². The Morgan fingerprint density at radius 1 is 1.56 bits per heavy atom. The Kier molecular flexibility index (Phi) is 5.40. The number of nitrogens with zero attached hydrogens (tertiary/aromatic N) is 2. The molecule has 1 amide bonds. The maximum absolute atomic E-state index is 12.6. The largest absolute Gasteiger partial charge is 0.467 e. The van der Waals surface area contributed by atoms with Gasteiger partial charge in [0.05, 0.1) is 23.9 Å². The maximum Gasteiger partial charge on any atom is 0.263 e. The molecule has 3 aromatic rings. The predicted molar refractivity (Wildman–Crippen MR) is 100 cm³/mol. The Bertz CT molecular complexity index is 958. The van der Waals surface area contributed by atoms with Gasteiger partial charge < -0.3 is 9.73 Å². The van der Waals surface area contributed by atoms with Gasteiger partial charge in [-0.05, 0) is 25.1 Å².